The number of benzene rings is 1. The number of fused-ring (bicyclic) bond motifs is 1. The zero-order valence-corrected chi connectivity index (χ0v) is 11.1. The van der Waals surface area contributed by atoms with Gasteiger partial charge < -0.3 is 10.2 Å². The van der Waals surface area contributed by atoms with Crippen molar-refractivity contribution in [3.05, 3.63) is 35.6 Å². The molecule has 0 spiro atoms. The van der Waals surface area contributed by atoms with Gasteiger partial charge in [-0.2, -0.15) is 0 Å². The molecule has 2 nitrogen and oxygen atoms in total. The van der Waals surface area contributed by atoms with Crippen molar-refractivity contribution in [3.63, 3.8) is 0 Å². The van der Waals surface area contributed by atoms with Crippen molar-refractivity contribution >= 4 is 11.0 Å². The summed E-state index contributed by atoms with van der Waals surface area (Å²) >= 11 is 0. The van der Waals surface area contributed by atoms with Crippen LogP contribution in [0.2, 0.25) is 0 Å². The zero-order chi connectivity index (χ0) is 12.7. The summed E-state index contributed by atoms with van der Waals surface area (Å²) in [4.78, 5) is 0. The highest BCUT2D eigenvalue weighted by molar-refractivity contribution is 5.81. The normalized spacial score (nSPS) is 25.7. The molecule has 2 heteroatoms. The van der Waals surface area contributed by atoms with E-state index in [1.807, 2.05) is 0 Å². The number of nitrogens with two attached hydrogens (primary N) is 1. The average molecular weight is 243 g/mol. The lowest BCUT2D eigenvalue weighted by molar-refractivity contribution is 0.316. The highest BCUT2D eigenvalue weighted by atomic mass is 16.3. The van der Waals surface area contributed by atoms with Crippen LogP contribution in [0.3, 0.4) is 0 Å². The molecule has 18 heavy (non-hydrogen) atoms. The summed E-state index contributed by atoms with van der Waals surface area (Å²) in [5.41, 5.74) is 8.59. The van der Waals surface area contributed by atoms with Crippen molar-refractivity contribution in [1.29, 1.82) is 0 Å². The number of hydrogen-bond acceptors (Lipinski definition) is 2. The van der Waals surface area contributed by atoms with E-state index >= 15 is 0 Å². The first kappa shape index (κ1) is 11.8. The minimum atomic E-state index is 0.0503. The van der Waals surface area contributed by atoms with Gasteiger partial charge in [-0.3, -0.25) is 0 Å². The second kappa shape index (κ2) is 4.43. The predicted molar refractivity (Wildman–Crippen MR) is 74.4 cm³/mol. The van der Waals surface area contributed by atoms with Gasteiger partial charge in [0.15, 0.2) is 0 Å². The van der Waals surface area contributed by atoms with Crippen molar-refractivity contribution in [2.45, 2.75) is 39.2 Å². The van der Waals surface area contributed by atoms with Gasteiger partial charge in [-0.05, 0) is 36.8 Å². The molecular weight excluding hydrogens is 222 g/mol. The van der Waals surface area contributed by atoms with E-state index in [0.717, 1.165) is 11.3 Å². The van der Waals surface area contributed by atoms with Gasteiger partial charge in [0, 0.05) is 5.39 Å². The van der Waals surface area contributed by atoms with Crippen LogP contribution >= 0.6 is 0 Å². The van der Waals surface area contributed by atoms with Gasteiger partial charge in [-0.1, -0.05) is 38.0 Å². The summed E-state index contributed by atoms with van der Waals surface area (Å²) < 4.78 is 6.00. The first-order valence-corrected chi connectivity index (χ1v) is 6.91. The molecule has 0 radical (unpaired) electrons. The van der Waals surface area contributed by atoms with Gasteiger partial charge in [-0.25, -0.2) is 0 Å². The highest BCUT2D eigenvalue weighted by Crippen LogP contribution is 2.40. The van der Waals surface area contributed by atoms with Crippen molar-refractivity contribution in [2.24, 2.45) is 17.6 Å². The van der Waals surface area contributed by atoms with Gasteiger partial charge >= 0.3 is 0 Å². The van der Waals surface area contributed by atoms with E-state index in [1.54, 1.807) is 0 Å². The Balaban J connectivity index is 1.96. The van der Waals surface area contributed by atoms with Gasteiger partial charge in [0.2, 0.25) is 0 Å². The number of aryl methyl sites for hydroxylation is 1. The summed E-state index contributed by atoms with van der Waals surface area (Å²) in [6.07, 6.45) is 3.84. The molecule has 0 bridgehead atoms. The summed E-state index contributed by atoms with van der Waals surface area (Å²) in [5.74, 6) is 2.25. The number of hydrogen-bond donors (Lipinski definition) is 1. The Bertz CT molecular complexity index is 557. The molecule has 3 rings (SSSR count). The zero-order valence-electron chi connectivity index (χ0n) is 11.1. The molecule has 1 fully saturated rings. The van der Waals surface area contributed by atoms with Crippen LogP contribution in [0.25, 0.3) is 11.0 Å². The second-order valence-electron chi connectivity index (χ2n) is 5.74. The van der Waals surface area contributed by atoms with E-state index in [-0.39, 0.29) is 6.04 Å². The van der Waals surface area contributed by atoms with Gasteiger partial charge in [0.05, 0.1) is 6.04 Å². The smallest absolute Gasteiger partial charge is 0.137 e. The van der Waals surface area contributed by atoms with E-state index in [9.17, 15) is 0 Å². The predicted octanol–water partition coefficient (Wildman–Crippen LogP) is 4.18. The lowest BCUT2D eigenvalue weighted by atomic mass is 9.89. The van der Waals surface area contributed by atoms with Crippen LogP contribution in [0.4, 0.5) is 0 Å². The van der Waals surface area contributed by atoms with Crippen LogP contribution in [-0.4, -0.2) is 0 Å². The molecule has 3 unspecified atom stereocenters. The largest absolute Gasteiger partial charge is 0.459 e. The van der Waals surface area contributed by atoms with E-state index in [0.29, 0.717) is 11.8 Å². The van der Waals surface area contributed by atoms with E-state index in [2.05, 4.69) is 38.1 Å². The molecule has 96 valence electrons. The maximum atomic E-state index is 6.41. The Morgan fingerprint density at radius 3 is 2.83 bits per heavy atom. The highest BCUT2D eigenvalue weighted by Gasteiger charge is 2.31. The topological polar surface area (TPSA) is 39.2 Å². The van der Waals surface area contributed by atoms with Crippen molar-refractivity contribution in [1.82, 2.24) is 0 Å². The van der Waals surface area contributed by atoms with E-state index < -0.39 is 0 Å². The van der Waals surface area contributed by atoms with E-state index in [1.165, 1.54) is 30.2 Å². The fraction of sp³-hybridized carbons (Fsp3) is 0.500. The van der Waals surface area contributed by atoms with Crippen molar-refractivity contribution in [2.75, 3.05) is 0 Å². The summed E-state index contributed by atoms with van der Waals surface area (Å²) in [7, 11) is 0. The quantitative estimate of drug-likeness (QED) is 0.859. The fourth-order valence-electron chi connectivity index (χ4n) is 3.31. The maximum Gasteiger partial charge on any atom is 0.137 e. The summed E-state index contributed by atoms with van der Waals surface area (Å²) in [5, 5.41) is 1.17. The third kappa shape index (κ3) is 1.85. The fourth-order valence-corrected chi connectivity index (χ4v) is 3.31. The lowest BCUT2D eigenvalue weighted by Crippen LogP contribution is -2.22. The van der Waals surface area contributed by atoms with Crippen LogP contribution < -0.4 is 5.73 Å². The molecule has 3 atom stereocenters. The Hall–Kier alpha value is -1.28. The van der Waals surface area contributed by atoms with Gasteiger partial charge in [0.1, 0.15) is 11.3 Å². The molecule has 0 saturated heterocycles. The summed E-state index contributed by atoms with van der Waals surface area (Å²) in [6.45, 7) is 4.39. The average Bonchev–Trinajstić information content (AvgIpc) is 2.95. The minimum Gasteiger partial charge on any atom is -0.459 e. The molecule has 0 amide bonds. The lowest BCUT2D eigenvalue weighted by Gasteiger charge is -2.21. The van der Waals surface area contributed by atoms with E-state index in [4.69, 9.17) is 10.2 Å². The molecule has 1 aromatic carbocycles. The molecule has 1 aliphatic carbocycles. The Morgan fingerprint density at radius 2 is 2.17 bits per heavy atom. The molecule has 1 aliphatic rings. The minimum absolute atomic E-state index is 0.0503. The summed E-state index contributed by atoms with van der Waals surface area (Å²) in [6, 6.07) is 8.42. The third-order valence-corrected chi connectivity index (χ3v) is 4.48. The maximum absolute atomic E-state index is 6.41. The van der Waals surface area contributed by atoms with Gasteiger partial charge in [0.25, 0.3) is 0 Å². The molecular formula is C16H21NO. The number of furan rings is 1. The first-order valence-electron chi connectivity index (χ1n) is 6.91. The Kier molecular flexibility index (Phi) is 2.90. The second-order valence-corrected chi connectivity index (χ2v) is 5.74. The SMILES string of the molecule is Cc1cccc2cc(C(N)C3CCCC3C)oc12. The van der Waals surface area contributed by atoms with Crippen LogP contribution in [0.5, 0.6) is 0 Å². The van der Waals surface area contributed by atoms with Crippen LogP contribution in [-0.2, 0) is 0 Å². The Labute approximate surface area is 108 Å². The monoisotopic (exact) mass is 243 g/mol. The molecule has 1 saturated carbocycles. The first-order chi connectivity index (χ1) is 8.66. The van der Waals surface area contributed by atoms with Crippen LogP contribution in [0, 0.1) is 18.8 Å². The Morgan fingerprint density at radius 1 is 1.33 bits per heavy atom. The standard InChI is InChI=1S/C16H21NO/c1-10-5-4-8-13(10)15(17)14-9-12-7-3-6-11(2)16(12)18-14/h3,6-7,9-10,13,15H,4-5,8,17H2,1-2H3. The number of para-hydroxylation sites is 1. The third-order valence-electron chi connectivity index (χ3n) is 4.48. The molecule has 1 aromatic heterocycles. The molecule has 0 aliphatic heterocycles. The van der Waals surface area contributed by atoms with Crippen LogP contribution in [0.15, 0.2) is 28.7 Å². The molecule has 1 heterocycles. The molecule has 2 aromatic rings. The molecule has 2 N–H and O–H groups in total. The van der Waals surface area contributed by atoms with Gasteiger partial charge in [-0.15, -0.1) is 0 Å². The van der Waals surface area contributed by atoms with Crippen molar-refractivity contribution in [3.8, 4) is 0 Å². The van der Waals surface area contributed by atoms with Crippen LogP contribution in [0.1, 0.15) is 43.6 Å². The van der Waals surface area contributed by atoms with Crippen molar-refractivity contribution < 1.29 is 4.42 Å². The number of rotatable bonds is 2.